The van der Waals surface area contributed by atoms with Gasteiger partial charge in [0.2, 0.25) is 6.79 Å². The van der Waals surface area contributed by atoms with Crippen LogP contribution in [0, 0.1) is 0 Å². The van der Waals surface area contributed by atoms with Crippen molar-refractivity contribution in [2.45, 2.75) is 6.42 Å². The second-order valence-corrected chi connectivity index (χ2v) is 4.68. The standard InChI is InChI=1S/C15H11ClO3/c16-12-8-15-14(18-9-19-15)7-11(12)13(17)6-10-4-2-1-3-5-10/h1-5,7-8H,6,9H2. The van der Waals surface area contributed by atoms with E-state index in [9.17, 15) is 4.79 Å². The lowest BCUT2D eigenvalue weighted by Crippen LogP contribution is -2.04. The number of ether oxygens (including phenoxy) is 2. The van der Waals surface area contributed by atoms with E-state index >= 15 is 0 Å². The molecule has 0 N–H and O–H groups in total. The summed E-state index contributed by atoms with van der Waals surface area (Å²) in [4.78, 5) is 12.3. The van der Waals surface area contributed by atoms with Crippen LogP contribution in [0.25, 0.3) is 0 Å². The van der Waals surface area contributed by atoms with Crippen molar-refractivity contribution < 1.29 is 14.3 Å². The smallest absolute Gasteiger partial charge is 0.231 e. The zero-order valence-corrected chi connectivity index (χ0v) is 10.8. The Hall–Kier alpha value is -2.00. The Morgan fingerprint density at radius 1 is 1.11 bits per heavy atom. The Morgan fingerprint density at radius 3 is 2.53 bits per heavy atom. The highest BCUT2D eigenvalue weighted by molar-refractivity contribution is 6.34. The molecule has 0 saturated carbocycles. The topological polar surface area (TPSA) is 35.5 Å². The highest BCUT2D eigenvalue weighted by Crippen LogP contribution is 2.37. The minimum Gasteiger partial charge on any atom is -0.454 e. The maximum Gasteiger partial charge on any atom is 0.231 e. The fourth-order valence-electron chi connectivity index (χ4n) is 2.01. The Kier molecular flexibility index (Phi) is 3.13. The first-order valence-electron chi connectivity index (χ1n) is 5.90. The van der Waals surface area contributed by atoms with Crippen LogP contribution < -0.4 is 9.47 Å². The molecule has 1 aliphatic heterocycles. The molecule has 3 nitrogen and oxygen atoms in total. The molecule has 0 radical (unpaired) electrons. The Morgan fingerprint density at radius 2 is 1.79 bits per heavy atom. The molecule has 0 atom stereocenters. The Bertz CT molecular complexity index is 623. The molecule has 19 heavy (non-hydrogen) atoms. The van der Waals surface area contributed by atoms with Crippen molar-refractivity contribution in [3.05, 3.63) is 58.6 Å². The van der Waals surface area contributed by atoms with Gasteiger partial charge in [0.05, 0.1) is 5.02 Å². The quantitative estimate of drug-likeness (QED) is 0.804. The van der Waals surface area contributed by atoms with E-state index in [1.807, 2.05) is 30.3 Å². The number of hydrogen-bond donors (Lipinski definition) is 0. The maximum absolute atomic E-state index is 12.3. The van der Waals surface area contributed by atoms with Crippen LogP contribution in [0.1, 0.15) is 15.9 Å². The SMILES string of the molecule is O=C(Cc1ccccc1)c1cc2c(cc1Cl)OCO2. The molecular formula is C15H11ClO3. The summed E-state index contributed by atoms with van der Waals surface area (Å²) in [6.07, 6.45) is 0.320. The molecule has 0 spiro atoms. The number of carbonyl (C=O) groups excluding carboxylic acids is 1. The minimum absolute atomic E-state index is 0.0329. The molecule has 1 heterocycles. The highest BCUT2D eigenvalue weighted by Gasteiger charge is 2.20. The van der Waals surface area contributed by atoms with Gasteiger partial charge in [-0.05, 0) is 11.6 Å². The normalized spacial score (nSPS) is 12.5. The van der Waals surface area contributed by atoms with Crippen LogP contribution in [0.15, 0.2) is 42.5 Å². The summed E-state index contributed by atoms with van der Waals surface area (Å²) in [5.74, 6) is 1.12. The molecule has 0 aromatic heterocycles. The van der Waals surface area contributed by atoms with Gasteiger partial charge < -0.3 is 9.47 Å². The predicted molar refractivity (Wildman–Crippen MR) is 72.1 cm³/mol. The van der Waals surface area contributed by atoms with Crippen LogP contribution in [0.5, 0.6) is 11.5 Å². The summed E-state index contributed by atoms with van der Waals surface area (Å²) in [5, 5.41) is 0.394. The minimum atomic E-state index is -0.0329. The largest absolute Gasteiger partial charge is 0.454 e. The maximum atomic E-state index is 12.3. The van der Waals surface area contributed by atoms with Crippen molar-refractivity contribution in [1.29, 1.82) is 0 Å². The number of ketones is 1. The summed E-state index contributed by atoms with van der Waals surface area (Å²) in [6.45, 7) is 0.169. The van der Waals surface area contributed by atoms with Crippen molar-refractivity contribution in [3.8, 4) is 11.5 Å². The molecule has 0 amide bonds. The first-order valence-corrected chi connectivity index (χ1v) is 6.28. The summed E-state index contributed by atoms with van der Waals surface area (Å²) in [6, 6.07) is 12.8. The van der Waals surface area contributed by atoms with Gasteiger partial charge in [0.15, 0.2) is 17.3 Å². The van der Waals surface area contributed by atoms with E-state index in [4.69, 9.17) is 21.1 Å². The van der Waals surface area contributed by atoms with Gasteiger partial charge in [0.1, 0.15) is 0 Å². The molecule has 0 fully saturated rings. The van der Waals surface area contributed by atoms with Crippen LogP contribution in [0.2, 0.25) is 5.02 Å². The molecule has 1 aliphatic rings. The third kappa shape index (κ3) is 2.42. The summed E-state index contributed by atoms with van der Waals surface area (Å²) >= 11 is 6.11. The lowest BCUT2D eigenvalue weighted by molar-refractivity contribution is 0.0992. The van der Waals surface area contributed by atoms with E-state index in [-0.39, 0.29) is 12.6 Å². The molecule has 96 valence electrons. The van der Waals surface area contributed by atoms with Crippen molar-refractivity contribution in [2.24, 2.45) is 0 Å². The van der Waals surface area contributed by atoms with E-state index in [1.165, 1.54) is 0 Å². The zero-order chi connectivity index (χ0) is 13.2. The average Bonchev–Trinajstić information content (AvgIpc) is 2.86. The van der Waals surface area contributed by atoms with Crippen LogP contribution in [0.3, 0.4) is 0 Å². The van der Waals surface area contributed by atoms with Crippen molar-refractivity contribution in [1.82, 2.24) is 0 Å². The van der Waals surface area contributed by atoms with E-state index in [2.05, 4.69) is 0 Å². The second-order valence-electron chi connectivity index (χ2n) is 4.27. The fourth-order valence-corrected chi connectivity index (χ4v) is 2.27. The lowest BCUT2D eigenvalue weighted by Gasteiger charge is -2.05. The summed E-state index contributed by atoms with van der Waals surface area (Å²) in [5.41, 5.74) is 1.43. The number of hydrogen-bond acceptors (Lipinski definition) is 3. The average molecular weight is 275 g/mol. The van der Waals surface area contributed by atoms with E-state index in [0.29, 0.717) is 28.5 Å². The third-order valence-corrected chi connectivity index (χ3v) is 3.28. The van der Waals surface area contributed by atoms with Crippen LogP contribution in [0.4, 0.5) is 0 Å². The molecule has 0 unspecified atom stereocenters. The fraction of sp³-hybridized carbons (Fsp3) is 0.133. The number of Topliss-reactive ketones (excluding diaryl/α,β-unsaturated/α-hetero) is 1. The third-order valence-electron chi connectivity index (χ3n) is 2.97. The van der Waals surface area contributed by atoms with Crippen LogP contribution in [-0.2, 0) is 6.42 Å². The summed E-state index contributed by atoms with van der Waals surface area (Å²) in [7, 11) is 0. The Balaban J connectivity index is 1.88. The molecule has 0 aliphatic carbocycles. The second kappa shape index (κ2) is 4.94. The van der Waals surface area contributed by atoms with Gasteiger partial charge in [-0.25, -0.2) is 0 Å². The molecule has 2 aromatic carbocycles. The van der Waals surface area contributed by atoms with E-state index in [1.54, 1.807) is 12.1 Å². The van der Waals surface area contributed by atoms with Crippen molar-refractivity contribution in [2.75, 3.05) is 6.79 Å². The molecular weight excluding hydrogens is 264 g/mol. The Labute approximate surface area is 115 Å². The first kappa shape index (κ1) is 12.1. The highest BCUT2D eigenvalue weighted by atomic mass is 35.5. The van der Waals surface area contributed by atoms with Gasteiger partial charge in [0.25, 0.3) is 0 Å². The number of halogens is 1. The molecule has 0 saturated heterocycles. The summed E-state index contributed by atoms with van der Waals surface area (Å²) < 4.78 is 10.5. The number of fused-ring (bicyclic) bond motifs is 1. The van der Waals surface area contributed by atoms with E-state index in [0.717, 1.165) is 5.56 Å². The molecule has 0 bridgehead atoms. The van der Waals surface area contributed by atoms with Crippen LogP contribution in [-0.4, -0.2) is 12.6 Å². The van der Waals surface area contributed by atoms with Crippen LogP contribution >= 0.6 is 11.6 Å². The predicted octanol–water partition coefficient (Wildman–Crippen LogP) is 3.49. The van der Waals surface area contributed by atoms with Gasteiger partial charge in [-0.15, -0.1) is 0 Å². The first-order chi connectivity index (χ1) is 9.24. The monoisotopic (exact) mass is 274 g/mol. The molecule has 2 aromatic rings. The van der Waals surface area contributed by atoms with Gasteiger partial charge in [-0.1, -0.05) is 41.9 Å². The van der Waals surface area contributed by atoms with Crippen molar-refractivity contribution in [3.63, 3.8) is 0 Å². The molecule has 4 heteroatoms. The van der Waals surface area contributed by atoms with Gasteiger partial charge >= 0.3 is 0 Å². The molecule has 3 rings (SSSR count). The lowest BCUT2D eigenvalue weighted by atomic mass is 10.0. The van der Waals surface area contributed by atoms with Gasteiger partial charge in [0, 0.05) is 18.1 Å². The number of benzene rings is 2. The van der Waals surface area contributed by atoms with Gasteiger partial charge in [-0.3, -0.25) is 4.79 Å². The van der Waals surface area contributed by atoms with E-state index < -0.39 is 0 Å². The number of carbonyl (C=O) groups is 1. The number of rotatable bonds is 3. The zero-order valence-electron chi connectivity index (χ0n) is 10.1. The van der Waals surface area contributed by atoms with Crippen molar-refractivity contribution >= 4 is 17.4 Å². The van der Waals surface area contributed by atoms with Gasteiger partial charge in [-0.2, -0.15) is 0 Å².